The molecular weight excluding hydrogens is 306 g/mol. The molecule has 120 valence electrons. The number of fused-ring (bicyclic) bond motifs is 1. The van der Waals surface area contributed by atoms with E-state index in [1.54, 1.807) is 40.9 Å². The van der Waals surface area contributed by atoms with Crippen LogP contribution in [0, 0.1) is 0 Å². The lowest BCUT2D eigenvalue weighted by Gasteiger charge is -2.06. The first-order valence-corrected chi connectivity index (χ1v) is 7.73. The van der Waals surface area contributed by atoms with Gasteiger partial charge in [0.25, 0.3) is 11.8 Å². The van der Waals surface area contributed by atoms with Crippen LogP contribution in [-0.2, 0) is 0 Å². The van der Waals surface area contributed by atoms with Gasteiger partial charge in [-0.05, 0) is 43.2 Å². The summed E-state index contributed by atoms with van der Waals surface area (Å²) in [6.07, 6.45) is 3.81. The van der Waals surface area contributed by atoms with Gasteiger partial charge in [-0.2, -0.15) is 0 Å². The molecule has 0 radical (unpaired) electrons. The standard InChI is InChI=1S/C17H15N5O2/c23-15(18-13-7-8-13)11-4-3-5-12(10-11)16(24)19-17-21-20-14-6-1-2-9-22(14)17/h1-6,9-10,13H,7-8H2,(H,18,23)(H,19,21,24). The molecule has 1 aromatic carbocycles. The Kier molecular flexibility index (Phi) is 3.45. The number of nitrogens with zero attached hydrogens (tertiary/aromatic N) is 3. The molecule has 2 amide bonds. The van der Waals surface area contributed by atoms with Crippen molar-refractivity contribution in [2.75, 3.05) is 5.32 Å². The Balaban J connectivity index is 1.54. The summed E-state index contributed by atoms with van der Waals surface area (Å²) in [4.78, 5) is 24.5. The van der Waals surface area contributed by atoms with E-state index in [0.717, 1.165) is 12.8 Å². The minimum atomic E-state index is -0.339. The second-order valence-electron chi connectivity index (χ2n) is 5.74. The van der Waals surface area contributed by atoms with E-state index in [0.29, 0.717) is 22.7 Å². The van der Waals surface area contributed by atoms with Crippen molar-refractivity contribution in [1.29, 1.82) is 0 Å². The fraction of sp³-hybridized carbons (Fsp3) is 0.176. The van der Waals surface area contributed by atoms with Crippen molar-refractivity contribution in [1.82, 2.24) is 19.9 Å². The molecule has 1 aliphatic carbocycles. The minimum absolute atomic E-state index is 0.153. The SMILES string of the molecule is O=C(Nc1nnc2ccccn12)c1cccc(C(=O)NC2CC2)c1. The number of anilines is 1. The van der Waals surface area contributed by atoms with Gasteiger partial charge in [-0.15, -0.1) is 10.2 Å². The molecule has 7 nitrogen and oxygen atoms in total. The zero-order chi connectivity index (χ0) is 16.5. The normalized spacial score (nSPS) is 13.7. The molecule has 0 atom stereocenters. The van der Waals surface area contributed by atoms with Gasteiger partial charge >= 0.3 is 0 Å². The number of benzene rings is 1. The molecule has 0 unspecified atom stereocenters. The van der Waals surface area contributed by atoms with Crippen LogP contribution in [0.2, 0.25) is 0 Å². The summed E-state index contributed by atoms with van der Waals surface area (Å²) >= 11 is 0. The van der Waals surface area contributed by atoms with Crippen LogP contribution in [0.1, 0.15) is 33.6 Å². The van der Waals surface area contributed by atoms with Crippen LogP contribution in [0.3, 0.4) is 0 Å². The van der Waals surface area contributed by atoms with Crippen LogP contribution >= 0.6 is 0 Å². The number of carbonyl (C=O) groups is 2. The highest BCUT2D eigenvalue weighted by molar-refractivity contribution is 6.05. The smallest absolute Gasteiger partial charge is 0.258 e. The number of pyridine rings is 1. The van der Waals surface area contributed by atoms with Gasteiger partial charge in [-0.25, -0.2) is 0 Å². The van der Waals surface area contributed by atoms with E-state index >= 15 is 0 Å². The summed E-state index contributed by atoms with van der Waals surface area (Å²) in [5.41, 5.74) is 1.51. The van der Waals surface area contributed by atoms with E-state index < -0.39 is 0 Å². The van der Waals surface area contributed by atoms with Crippen LogP contribution in [-0.4, -0.2) is 32.5 Å². The number of amides is 2. The Morgan fingerprint density at radius 3 is 2.58 bits per heavy atom. The lowest BCUT2D eigenvalue weighted by atomic mass is 10.1. The maximum Gasteiger partial charge on any atom is 0.258 e. The molecule has 0 bridgehead atoms. The van der Waals surface area contributed by atoms with Crippen molar-refractivity contribution in [2.24, 2.45) is 0 Å². The van der Waals surface area contributed by atoms with Crippen molar-refractivity contribution in [3.63, 3.8) is 0 Å². The molecule has 24 heavy (non-hydrogen) atoms. The first-order valence-electron chi connectivity index (χ1n) is 7.73. The van der Waals surface area contributed by atoms with Crippen molar-refractivity contribution in [3.05, 3.63) is 59.8 Å². The summed E-state index contributed by atoms with van der Waals surface area (Å²) < 4.78 is 1.68. The van der Waals surface area contributed by atoms with Crippen LogP contribution < -0.4 is 10.6 Å². The van der Waals surface area contributed by atoms with Gasteiger partial charge in [0.1, 0.15) is 0 Å². The molecule has 7 heteroatoms. The fourth-order valence-corrected chi connectivity index (χ4v) is 2.40. The summed E-state index contributed by atoms with van der Waals surface area (Å²) in [5.74, 6) is -0.155. The average molecular weight is 321 g/mol. The predicted molar refractivity (Wildman–Crippen MR) is 87.9 cm³/mol. The summed E-state index contributed by atoms with van der Waals surface area (Å²) in [7, 11) is 0. The summed E-state index contributed by atoms with van der Waals surface area (Å²) in [6, 6.07) is 12.4. The Morgan fingerprint density at radius 1 is 1.00 bits per heavy atom. The maximum absolute atomic E-state index is 12.4. The van der Waals surface area contributed by atoms with Crippen molar-refractivity contribution in [2.45, 2.75) is 18.9 Å². The minimum Gasteiger partial charge on any atom is -0.349 e. The quantitative estimate of drug-likeness (QED) is 0.768. The van der Waals surface area contributed by atoms with Gasteiger partial charge in [0.2, 0.25) is 5.95 Å². The summed E-state index contributed by atoms with van der Waals surface area (Å²) in [5, 5.41) is 13.6. The molecule has 0 aliphatic heterocycles. The van der Waals surface area contributed by atoms with Crippen molar-refractivity contribution >= 4 is 23.4 Å². The Labute approximate surface area is 137 Å². The van der Waals surface area contributed by atoms with Crippen molar-refractivity contribution in [3.8, 4) is 0 Å². The van der Waals surface area contributed by atoms with Gasteiger partial charge in [0.15, 0.2) is 5.65 Å². The van der Waals surface area contributed by atoms with E-state index in [1.165, 1.54) is 0 Å². The van der Waals surface area contributed by atoms with Gasteiger partial charge in [-0.1, -0.05) is 12.1 Å². The van der Waals surface area contributed by atoms with Crippen LogP contribution in [0.4, 0.5) is 5.95 Å². The maximum atomic E-state index is 12.4. The molecule has 2 aromatic heterocycles. The second kappa shape index (κ2) is 5.77. The molecule has 1 aliphatic rings. The largest absolute Gasteiger partial charge is 0.349 e. The average Bonchev–Trinajstić information content (AvgIpc) is 3.34. The fourth-order valence-electron chi connectivity index (χ4n) is 2.40. The molecule has 2 N–H and O–H groups in total. The first-order chi connectivity index (χ1) is 11.7. The Bertz CT molecular complexity index is 929. The van der Waals surface area contributed by atoms with E-state index in [9.17, 15) is 9.59 Å². The number of hydrogen-bond acceptors (Lipinski definition) is 4. The van der Waals surface area contributed by atoms with Gasteiger partial charge in [0.05, 0.1) is 0 Å². The second-order valence-corrected chi connectivity index (χ2v) is 5.74. The van der Waals surface area contributed by atoms with Crippen molar-refractivity contribution < 1.29 is 9.59 Å². The predicted octanol–water partition coefficient (Wildman–Crippen LogP) is 1.87. The van der Waals surface area contributed by atoms with Crippen LogP contribution in [0.25, 0.3) is 5.65 Å². The Morgan fingerprint density at radius 2 is 1.79 bits per heavy atom. The van der Waals surface area contributed by atoms with Crippen LogP contribution in [0.5, 0.6) is 0 Å². The van der Waals surface area contributed by atoms with E-state index in [2.05, 4.69) is 20.8 Å². The van der Waals surface area contributed by atoms with Gasteiger partial charge < -0.3 is 5.32 Å². The third-order valence-corrected chi connectivity index (χ3v) is 3.84. The third kappa shape index (κ3) is 2.83. The van der Waals surface area contributed by atoms with E-state index in [1.807, 2.05) is 12.1 Å². The zero-order valence-corrected chi connectivity index (χ0v) is 12.8. The number of rotatable bonds is 4. The van der Waals surface area contributed by atoms with Crippen LogP contribution in [0.15, 0.2) is 48.7 Å². The Hall–Kier alpha value is -3.22. The van der Waals surface area contributed by atoms with Gasteiger partial charge in [0, 0.05) is 23.4 Å². The zero-order valence-electron chi connectivity index (χ0n) is 12.8. The first kappa shape index (κ1) is 14.4. The third-order valence-electron chi connectivity index (χ3n) is 3.84. The molecule has 0 spiro atoms. The molecule has 0 saturated heterocycles. The molecule has 3 aromatic rings. The lowest BCUT2D eigenvalue weighted by Crippen LogP contribution is -2.25. The number of aromatic nitrogens is 3. The monoisotopic (exact) mass is 321 g/mol. The topological polar surface area (TPSA) is 88.4 Å². The molecule has 2 heterocycles. The van der Waals surface area contributed by atoms with Gasteiger partial charge in [-0.3, -0.25) is 19.3 Å². The molecule has 1 saturated carbocycles. The highest BCUT2D eigenvalue weighted by Crippen LogP contribution is 2.19. The highest BCUT2D eigenvalue weighted by atomic mass is 16.2. The number of hydrogen-bond donors (Lipinski definition) is 2. The highest BCUT2D eigenvalue weighted by Gasteiger charge is 2.24. The van der Waals surface area contributed by atoms with E-state index in [4.69, 9.17) is 0 Å². The summed E-state index contributed by atoms with van der Waals surface area (Å²) in [6.45, 7) is 0. The molecule has 1 fully saturated rings. The lowest BCUT2D eigenvalue weighted by molar-refractivity contribution is 0.0951. The van der Waals surface area contributed by atoms with E-state index in [-0.39, 0.29) is 17.9 Å². The number of nitrogens with one attached hydrogen (secondary N) is 2. The molecular formula is C17H15N5O2. The molecule has 4 rings (SSSR count). The number of carbonyl (C=O) groups excluding carboxylic acids is 2.